The Kier molecular flexibility index (Phi) is 5.85. The zero-order valence-electron chi connectivity index (χ0n) is 15.4. The number of rotatable bonds is 5. The SMILES string of the molecule is O=C(CSC1=N[C@H]2CS(=O)(=O)C[C@@H]2N1c1cccc(Cl)c1)OCc1ccccc1. The highest BCUT2D eigenvalue weighted by atomic mass is 35.5. The van der Waals surface area contributed by atoms with Crippen LogP contribution in [0, 0.1) is 0 Å². The predicted molar refractivity (Wildman–Crippen MR) is 116 cm³/mol. The number of sulfone groups is 1. The summed E-state index contributed by atoms with van der Waals surface area (Å²) in [5, 5.41) is 1.17. The molecule has 0 spiro atoms. The van der Waals surface area contributed by atoms with Gasteiger partial charge in [0.25, 0.3) is 0 Å². The van der Waals surface area contributed by atoms with Crippen molar-refractivity contribution in [3.63, 3.8) is 0 Å². The molecule has 0 saturated carbocycles. The van der Waals surface area contributed by atoms with Crippen molar-refractivity contribution in [3.05, 3.63) is 65.2 Å². The van der Waals surface area contributed by atoms with E-state index in [-0.39, 0.29) is 41.9 Å². The summed E-state index contributed by atoms with van der Waals surface area (Å²) < 4.78 is 29.5. The summed E-state index contributed by atoms with van der Waals surface area (Å²) in [5.74, 6) is -0.195. The summed E-state index contributed by atoms with van der Waals surface area (Å²) >= 11 is 7.39. The van der Waals surface area contributed by atoms with Gasteiger partial charge in [0, 0.05) is 10.7 Å². The molecule has 1 fully saturated rings. The molecule has 1 saturated heterocycles. The minimum atomic E-state index is -3.13. The van der Waals surface area contributed by atoms with Gasteiger partial charge in [-0.1, -0.05) is 59.8 Å². The summed E-state index contributed by atoms with van der Waals surface area (Å²) in [4.78, 5) is 18.7. The van der Waals surface area contributed by atoms with E-state index in [9.17, 15) is 13.2 Å². The molecule has 0 radical (unpaired) electrons. The number of anilines is 1. The molecular weight excluding hydrogens is 432 g/mol. The van der Waals surface area contributed by atoms with E-state index in [2.05, 4.69) is 4.99 Å². The van der Waals surface area contributed by atoms with Crippen LogP contribution in [0.5, 0.6) is 0 Å². The molecule has 0 unspecified atom stereocenters. The van der Waals surface area contributed by atoms with Crippen molar-refractivity contribution in [2.75, 3.05) is 22.2 Å². The molecule has 2 aromatic carbocycles. The maximum Gasteiger partial charge on any atom is 0.316 e. The highest BCUT2D eigenvalue weighted by Gasteiger charge is 2.47. The van der Waals surface area contributed by atoms with Gasteiger partial charge >= 0.3 is 5.97 Å². The minimum Gasteiger partial charge on any atom is -0.460 e. The van der Waals surface area contributed by atoms with Crippen molar-refractivity contribution < 1.29 is 17.9 Å². The Morgan fingerprint density at radius 3 is 2.72 bits per heavy atom. The number of fused-ring (bicyclic) bond motifs is 1. The van der Waals surface area contributed by atoms with Crippen LogP contribution in [-0.4, -0.2) is 48.9 Å². The van der Waals surface area contributed by atoms with E-state index < -0.39 is 9.84 Å². The van der Waals surface area contributed by atoms with Crippen LogP contribution in [0.4, 0.5) is 5.69 Å². The fourth-order valence-corrected chi connectivity index (χ4v) is 6.41. The number of ether oxygens (including phenoxy) is 1. The summed E-state index contributed by atoms with van der Waals surface area (Å²) in [5.41, 5.74) is 1.69. The number of halogens is 1. The first kappa shape index (κ1) is 20.3. The Balaban J connectivity index is 1.45. The second-order valence-corrected chi connectivity index (χ2v) is 10.4. The van der Waals surface area contributed by atoms with Gasteiger partial charge in [0.15, 0.2) is 15.0 Å². The molecule has 2 aromatic rings. The van der Waals surface area contributed by atoms with Gasteiger partial charge in [-0.25, -0.2) is 8.42 Å². The Hall–Kier alpha value is -2.03. The lowest BCUT2D eigenvalue weighted by atomic mass is 10.1. The number of aliphatic imine (C=N–C) groups is 1. The van der Waals surface area contributed by atoms with E-state index in [0.29, 0.717) is 10.2 Å². The highest BCUT2D eigenvalue weighted by molar-refractivity contribution is 8.14. The summed E-state index contributed by atoms with van der Waals surface area (Å²) in [7, 11) is -3.13. The summed E-state index contributed by atoms with van der Waals surface area (Å²) in [6.45, 7) is 0.216. The first-order chi connectivity index (χ1) is 13.9. The molecule has 9 heteroatoms. The second kappa shape index (κ2) is 8.38. The van der Waals surface area contributed by atoms with Crippen LogP contribution >= 0.6 is 23.4 Å². The van der Waals surface area contributed by atoms with Crippen molar-refractivity contribution in [3.8, 4) is 0 Å². The third kappa shape index (κ3) is 4.76. The number of benzene rings is 2. The van der Waals surface area contributed by atoms with Crippen molar-refractivity contribution in [2.45, 2.75) is 18.7 Å². The normalized spacial score (nSPS) is 22.2. The average Bonchev–Trinajstić information content (AvgIpc) is 3.16. The Labute approximate surface area is 178 Å². The topological polar surface area (TPSA) is 76.0 Å². The highest BCUT2D eigenvalue weighted by Crippen LogP contribution is 2.35. The molecule has 29 heavy (non-hydrogen) atoms. The van der Waals surface area contributed by atoms with E-state index in [1.165, 1.54) is 11.8 Å². The first-order valence-corrected chi connectivity index (χ1v) is 12.3. The maximum atomic E-state index is 12.2. The molecule has 4 rings (SSSR count). The quantitative estimate of drug-likeness (QED) is 0.651. The maximum absolute atomic E-state index is 12.2. The largest absolute Gasteiger partial charge is 0.460 e. The van der Waals surface area contributed by atoms with Crippen LogP contribution in [0.25, 0.3) is 0 Å². The fraction of sp³-hybridized carbons (Fsp3) is 0.300. The summed E-state index contributed by atoms with van der Waals surface area (Å²) in [6, 6.07) is 16.1. The van der Waals surface area contributed by atoms with Crippen molar-refractivity contribution in [2.24, 2.45) is 4.99 Å². The minimum absolute atomic E-state index is 0.0250. The van der Waals surface area contributed by atoms with Gasteiger partial charge in [0.2, 0.25) is 0 Å². The standard InChI is InChI=1S/C20H19ClN2O4S2/c21-15-7-4-8-16(9-15)23-18-13-29(25,26)12-17(18)22-20(23)28-11-19(24)27-10-14-5-2-1-3-6-14/h1-9,17-18H,10-13H2/t17-,18-/m0/s1. The van der Waals surface area contributed by atoms with Crippen LogP contribution in [0.2, 0.25) is 5.02 Å². The number of hydrogen-bond acceptors (Lipinski definition) is 7. The molecule has 0 aliphatic carbocycles. The smallest absolute Gasteiger partial charge is 0.316 e. The summed E-state index contributed by atoms with van der Waals surface area (Å²) in [6.07, 6.45) is 0. The van der Waals surface area contributed by atoms with E-state index in [0.717, 1.165) is 11.3 Å². The third-order valence-electron chi connectivity index (χ3n) is 4.76. The van der Waals surface area contributed by atoms with Crippen molar-refractivity contribution in [1.29, 1.82) is 0 Å². The van der Waals surface area contributed by atoms with Crippen LogP contribution < -0.4 is 4.90 Å². The number of amidine groups is 1. The molecule has 152 valence electrons. The van der Waals surface area contributed by atoms with Gasteiger partial charge in [-0.2, -0.15) is 0 Å². The molecular formula is C20H19ClN2O4S2. The Morgan fingerprint density at radius 1 is 1.17 bits per heavy atom. The Bertz CT molecular complexity index is 1040. The van der Waals surface area contributed by atoms with Crippen LogP contribution in [0.3, 0.4) is 0 Å². The van der Waals surface area contributed by atoms with Gasteiger partial charge in [-0.15, -0.1) is 0 Å². The van der Waals surface area contributed by atoms with E-state index in [1.807, 2.05) is 47.4 Å². The van der Waals surface area contributed by atoms with Gasteiger partial charge in [-0.05, 0) is 23.8 Å². The zero-order chi connectivity index (χ0) is 20.4. The van der Waals surface area contributed by atoms with Crippen molar-refractivity contribution >= 4 is 50.0 Å². The number of thioether (sulfide) groups is 1. The molecule has 0 aromatic heterocycles. The number of hydrogen-bond donors (Lipinski definition) is 0. The van der Waals surface area contributed by atoms with Crippen LogP contribution in [-0.2, 0) is 26.0 Å². The van der Waals surface area contributed by atoms with Gasteiger partial charge in [0.1, 0.15) is 6.61 Å². The van der Waals surface area contributed by atoms with E-state index in [4.69, 9.17) is 16.3 Å². The number of esters is 1. The molecule has 2 heterocycles. The molecule has 2 atom stereocenters. The number of carbonyl (C=O) groups is 1. The van der Waals surface area contributed by atoms with Crippen LogP contribution in [0.15, 0.2) is 59.6 Å². The first-order valence-electron chi connectivity index (χ1n) is 9.07. The second-order valence-electron chi connectivity index (χ2n) is 6.91. The lowest BCUT2D eigenvalue weighted by Crippen LogP contribution is -2.39. The zero-order valence-corrected chi connectivity index (χ0v) is 17.8. The lowest BCUT2D eigenvalue weighted by molar-refractivity contribution is -0.141. The molecule has 0 amide bonds. The molecule has 0 N–H and O–H groups in total. The molecule has 2 aliphatic heterocycles. The number of carbonyl (C=O) groups excluding carboxylic acids is 1. The molecule has 2 aliphatic rings. The number of nitrogens with zero attached hydrogens (tertiary/aromatic N) is 2. The third-order valence-corrected chi connectivity index (χ3v) is 7.63. The van der Waals surface area contributed by atoms with Crippen LogP contribution in [0.1, 0.15) is 5.56 Å². The van der Waals surface area contributed by atoms with E-state index in [1.54, 1.807) is 12.1 Å². The predicted octanol–water partition coefficient (Wildman–Crippen LogP) is 3.16. The molecule has 0 bridgehead atoms. The van der Waals surface area contributed by atoms with Gasteiger partial charge in [0.05, 0.1) is 29.3 Å². The van der Waals surface area contributed by atoms with Gasteiger partial charge < -0.3 is 9.64 Å². The van der Waals surface area contributed by atoms with E-state index >= 15 is 0 Å². The Morgan fingerprint density at radius 2 is 1.97 bits per heavy atom. The monoisotopic (exact) mass is 450 g/mol. The van der Waals surface area contributed by atoms with Gasteiger partial charge in [-0.3, -0.25) is 9.79 Å². The van der Waals surface area contributed by atoms with Crippen molar-refractivity contribution in [1.82, 2.24) is 0 Å². The average molecular weight is 451 g/mol. The lowest BCUT2D eigenvalue weighted by Gasteiger charge is -2.26. The fourth-order valence-electron chi connectivity index (χ4n) is 3.46. The molecule has 6 nitrogen and oxygen atoms in total.